The fourth-order valence-corrected chi connectivity index (χ4v) is 1.83. The molecule has 1 N–H and O–H groups in total. The molecule has 1 aliphatic heterocycles. The lowest BCUT2D eigenvalue weighted by atomic mass is 10.0. The highest BCUT2D eigenvalue weighted by atomic mass is 19.1. The van der Waals surface area contributed by atoms with Crippen LogP contribution >= 0.6 is 0 Å². The van der Waals surface area contributed by atoms with E-state index in [1.54, 1.807) is 0 Å². The molecule has 0 aromatic heterocycles. The number of hydrogen-bond acceptors (Lipinski definition) is 2. The lowest BCUT2D eigenvalue weighted by Crippen LogP contribution is -2.45. The predicted molar refractivity (Wildman–Crippen MR) is 46.8 cm³/mol. The van der Waals surface area contributed by atoms with Gasteiger partial charge in [0.15, 0.2) is 0 Å². The Morgan fingerprint density at radius 1 is 1.42 bits per heavy atom. The molecule has 0 aromatic carbocycles. The van der Waals surface area contributed by atoms with Crippen molar-refractivity contribution < 1.29 is 9.50 Å². The number of hydrogen-bond donors (Lipinski definition) is 1. The minimum absolute atomic E-state index is 0.0543. The van der Waals surface area contributed by atoms with Crippen molar-refractivity contribution in [1.29, 1.82) is 0 Å². The summed E-state index contributed by atoms with van der Waals surface area (Å²) in [6.45, 7) is 8.33. The standard InChI is InChI=1S/C9H18FNO/c1-6-8(12)7(10)5-11(6)9(2,3)4/h6-8,12H,5H2,1-4H3/t6-,7-,8-/m1/s1. The Morgan fingerprint density at radius 3 is 2.08 bits per heavy atom. The molecular weight excluding hydrogens is 157 g/mol. The van der Waals surface area contributed by atoms with Crippen LogP contribution in [0.25, 0.3) is 0 Å². The van der Waals surface area contributed by atoms with E-state index >= 15 is 0 Å². The molecule has 1 saturated heterocycles. The molecular formula is C9H18FNO. The van der Waals surface area contributed by atoms with Crippen LogP contribution in [0.4, 0.5) is 4.39 Å². The summed E-state index contributed by atoms with van der Waals surface area (Å²) >= 11 is 0. The van der Waals surface area contributed by atoms with E-state index < -0.39 is 12.3 Å². The van der Waals surface area contributed by atoms with Crippen LogP contribution in [0, 0.1) is 0 Å². The monoisotopic (exact) mass is 175 g/mol. The van der Waals surface area contributed by atoms with Crippen molar-refractivity contribution in [2.75, 3.05) is 6.54 Å². The Labute approximate surface area is 73.4 Å². The van der Waals surface area contributed by atoms with E-state index in [1.807, 2.05) is 32.6 Å². The number of nitrogens with zero attached hydrogens (tertiary/aromatic N) is 1. The van der Waals surface area contributed by atoms with Gasteiger partial charge in [-0.05, 0) is 27.7 Å². The zero-order chi connectivity index (χ0) is 9.52. The predicted octanol–water partition coefficient (Wildman–Crippen LogP) is 1.19. The fraction of sp³-hybridized carbons (Fsp3) is 1.00. The van der Waals surface area contributed by atoms with Crippen molar-refractivity contribution in [3.63, 3.8) is 0 Å². The second kappa shape index (κ2) is 2.96. The quantitative estimate of drug-likeness (QED) is 0.597. The van der Waals surface area contributed by atoms with Crippen LogP contribution in [-0.4, -0.2) is 40.4 Å². The number of alkyl halides is 1. The zero-order valence-corrected chi connectivity index (χ0v) is 8.21. The normalized spacial score (nSPS) is 39.0. The summed E-state index contributed by atoms with van der Waals surface area (Å²) in [4.78, 5) is 2.00. The van der Waals surface area contributed by atoms with Crippen molar-refractivity contribution in [2.45, 2.75) is 51.6 Å². The van der Waals surface area contributed by atoms with Gasteiger partial charge in [0, 0.05) is 18.1 Å². The van der Waals surface area contributed by atoms with E-state index in [9.17, 15) is 9.50 Å². The second-order valence-corrected chi connectivity index (χ2v) is 4.57. The van der Waals surface area contributed by atoms with E-state index in [-0.39, 0.29) is 11.6 Å². The van der Waals surface area contributed by atoms with Crippen molar-refractivity contribution in [2.24, 2.45) is 0 Å². The zero-order valence-electron chi connectivity index (χ0n) is 8.21. The maximum atomic E-state index is 13.1. The average Bonchev–Trinajstić information content (AvgIpc) is 2.15. The molecule has 3 heteroatoms. The molecule has 1 fully saturated rings. The Kier molecular flexibility index (Phi) is 2.45. The number of likely N-dealkylation sites (tertiary alicyclic amines) is 1. The fourth-order valence-electron chi connectivity index (χ4n) is 1.83. The van der Waals surface area contributed by atoms with Gasteiger partial charge in [0.1, 0.15) is 12.3 Å². The van der Waals surface area contributed by atoms with E-state index in [0.717, 1.165) is 0 Å². The van der Waals surface area contributed by atoms with Crippen LogP contribution < -0.4 is 0 Å². The van der Waals surface area contributed by atoms with Crippen LogP contribution in [0.3, 0.4) is 0 Å². The van der Waals surface area contributed by atoms with Gasteiger partial charge in [-0.15, -0.1) is 0 Å². The largest absolute Gasteiger partial charge is 0.388 e. The van der Waals surface area contributed by atoms with Gasteiger partial charge in [-0.2, -0.15) is 0 Å². The smallest absolute Gasteiger partial charge is 0.140 e. The highest BCUT2D eigenvalue weighted by Crippen LogP contribution is 2.27. The molecule has 1 rings (SSSR count). The third kappa shape index (κ3) is 1.62. The van der Waals surface area contributed by atoms with Gasteiger partial charge < -0.3 is 5.11 Å². The Bertz CT molecular complexity index is 166. The summed E-state index contributed by atoms with van der Waals surface area (Å²) in [6, 6.07) is -0.0694. The van der Waals surface area contributed by atoms with Crippen molar-refractivity contribution in [3.05, 3.63) is 0 Å². The first-order valence-electron chi connectivity index (χ1n) is 4.43. The number of rotatable bonds is 0. The van der Waals surface area contributed by atoms with E-state index in [0.29, 0.717) is 6.54 Å². The maximum Gasteiger partial charge on any atom is 0.140 e. The summed E-state index contributed by atoms with van der Waals surface area (Å²) in [7, 11) is 0. The molecule has 0 aliphatic carbocycles. The minimum atomic E-state index is -1.08. The molecule has 1 heterocycles. The molecule has 0 amide bonds. The highest BCUT2D eigenvalue weighted by Gasteiger charge is 2.42. The molecule has 12 heavy (non-hydrogen) atoms. The van der Waals surface area contributed by atoms with Gasteiger partial charge in [-0.1, -0.05) is 0 Å². The van der Waals surface area contributed by atoms with Gasteiger partial charge >= 0.3 is 0 Å². The molecule has 0 radical (unpaired) electrons. The van der Waals surface area contributed by atoms with Gasteiger partial charge in [-0.25, -0.2) is 4.39 Å². The Hall–Kier alpha value is -0.150. The maximum absolute atomic E-state index is 13.1. The topological polar surface area (TPSA) is 23.5 Å². The molecule has 0 bridgehead atoms. The van der Waals surface area contributed by atoms with Gasteiger partial charge in [0.05, 0.1) is 0 Å². The summed E-state index contributed by atoms with van der Waals surface area (Å²) in [5.74, 6) is 0. The summed E-state index contributed by atoms with van der Waals surface area (Å²) in [5.41, 5.74) is -0.0543. The summed E-state index contributed by atoms with van der Waals surface area (Å²) < 4.78 is 13.1. The first-order valence-corrected chi connectivity index (χ1v) is 4.43. The van der Waals surface area contributed by atoms with Crippen LogP contribution in [0.2, 0.25) is 0 Å². The lowest BCUT2D eigenvalue weighted by Gasteiger charge is -2.35. The average molecular weight is 175 g/mol. The van der Waals surface area contributed by atoms with Gasteiger partial charge in [0.2, 0.25) is 0 Å². The molecule has 0 spiro atoms. The SMILES string of the molecule is C[C@@H]1[C@@H](O)[C@H](F)CN1C(C)(C)C. The van der Waals surface area contributed by atoms with Gasteiger partial charge in [0.25, 0.3) is 0 Å². The van der Waals surface area contributed by atoms with Crippen LogP contribution in [0.15, 0.2) is 0 Å². The molecule has 72 valence electrons. The molecule has 2 nitrogen and oxygen atoms in total. The van der Waals surface area contributed by atoms with E-state index in [2.05, 4.69) is 0 Å². The Morgan fingerprint density at radius 2 is 1.92 bits per heavy atom. The Balaban J connectivity index is 2.71. The first kappa shape index (κ1) is 9.93. The summed E-state index contributed by atoms with van der Waals surface area (Å²) in [6.07, 6.45) is -1.90. The number of halogens is 1. The van der Waals surface area contributed by atoms with Crippen molar-refractivity contribution in [1.82, 2.24) is 4.90 Å². The van der Waals surface area contributed by atoms with Crippen molar-refractivity contribution >= 4 is 0 Å². The van der Waals surface area contributed by atoms with E-state index in [1.165, 1.54) is 0 Å². The van der Waals surface area contributed by atoms with Gasteiger partial charge in [-0.3, -0.25) is 4.90 Å². The number of aliphatic hydroxyl groups excluding tert-OH is 1. The third-order valence-electron chi connectivity index (χ3n) is 2.59. The molecule has 0 aromatic rings. The van der Waals surface area contributed by atoms with Crippen LogP contribution in [0.5, 0.6) is 0 Å². The third-order valence-corrected chi connectivity index (χ3v) is 2.59. The van der Waals surface area contributed by atoms with Crippen LogP contribution in [-0.2, 0) is 0 Å². The molecule has 3 atom stereocenters. The second-order valence-electron chi connectivity index (χ2n) is 4.57. The highest BCUT2D eigenvalue weighted by molar-refractivity contribution is 4.96. The first-order chi connectivity index (χ1) is 5.34. The van der Waals surface area contributed by atoms with Crippen molar-refractivity contribution in [3.8, 4) is 0 Å². The molecule has 1 aliphatic rings. The number of aliphatic hydroxyl groups is 1. The molecule has 0 saturated carbocycles. The minimum Gasteiger partial charge on any atom is -0.388 e. The van der Waals surface area contributed by atoms with E-state index in [4.69, 9.17) is 0 Å². The lowest BCUT2D eigenvalue weighted by molar-refractivity contribution is 0.0633. The summed E-state index contributed by atoms with van der Waals surface area (Å²) in [5, 5.41) is 9.38. The molecule has 0 unspecified atom stereocenters. The van der Waals surface area contributed by atoms with Crippen LogP contribution in [0.1, 0.15) is 27.7 Å².